The van der Waals surface area contributed by atoms with Crippen molar-refractivity contribution in [3.05, 3.63) is 0 Å². The highest BCUT2D eigenvalue weighted by atomic mass is 16.4. The lowest BCUT2D eigenvalue weighted by molar-refractivity contribution is -0.177. The number of nitrogens with two attached hydrogens (primary N) is 1. The topological polar surface area (TPSA) is 107 Å². The van der Waals surface area contributed by atoms with Crippen LogP contribution in [0.4, 0.5) is 0 Å². The van der Waals surface area contributed by atoms with E-state index in [1.165, 1.54) is 0 Å². The molecule has 5 nitrogen and oxygen atoms in total. The maximum Gasteiger partial charge on any atom is 0.131 e. The molecule has 0 bridgehead atoms. The molecule has 1 aliphatic carbocycles. The van der Waals surface area contributed by atoms with Crippen molar-refractivity contribution in [3.8, 4) is 0 Å². The van der Waals surface area contributed by atoms with E-state index in [4.69, 9.17) is 10.8 Å². The largest absolute Gasteiger partial charge is 0.393 e. The van der Waals surface area contributed by atoms with Crippen molar-refractivity contribution in [2.24, 2.45) is 5.73 Å². The van der Waals surface area contributed by atoms with Gasteiger partial charge < -0.3 is 26.2 Å². The van der Waals surface area contributed by atoms with Crippen molar-refractivity contribution in [3.63, 3.8) is 0 Å². The monoisotopic (exact) mass is 177 g/mol. The molecule has 0 amide bonds. The molecule has 5 heteroatoms. The Balaban J connectivity index is 2.78. The Morgan fingerprint density at radius 3 is 2.33 bits per heavy atom. The van der Waals surface area contributed by atoms with E-state index < -0.39 is 30.5 Å². The molecule has 0 aromatic carbocycles. The molecule has 1 aliphatic rings. The van der Waals surface area contributed by atoms with Gasteiger partial charge in [0.25, 0.3) is 0 Å². The highest BCUT2D eigenvalue weighted by molar-refractivity contribution is 5.02. The molecule has 1 saturated carbocycles. The zero-order valence-electron chi connectivity index (χ0n) is 6.72. The first kappa shape index (κ1) is 9.88. The fraction of sp³-hybridized carbons (Fsp3) is 1.00. The second kappa shape index (κ2) is 3.27. The number of aliphatic hydroxyl groups is 4. The molecule has 0 radical (unpaired) electrons. The van der Waals surface area contributed by atoms with Crippen LogP contribution in [0.25, 0.3) is 0 Å². The van der Waals surface area contributed by atoms with Crippen LogP contribution in [0.3, 0.4) is 0 Å². The van der Waals surface area contributed by atoms with Gasteiger partial charge in [-0.1, -0.05) is 0 Å². The van der Waals surface area contributed by atoms with Crippen LogP contribution in [-0.4, -0.2) is 50.9 Å². The highest BCUT2D eigenvalue weighted by Crippen LogP contribution is 2.27. The van der Waals surface area contributed by atoms with E-state index in [2.05, 4.69) is 0 Å². The van der Waals surface area contributed by atoms with Crippen LogP contribution in [0.2, 0.25) is 0 Å². The summed E-state index contributed by atoms with van der Waals surface area (Å²) in [5.41, 5.74) is 3.74. The lowest BCUT2D eigenvalue weighted by atomic mass is 9.77. The molecular formula is C7H15NO4. The van der Waals surface area contributed by atoms with Gasteiger partial charge in [-0.15, -0.1) is 0 Å². The third-order valence-electron chi connectivity index (χ3n) is 2.55. The molecule has 12 heavy (non-hydrogen) atoms. The maximum atomic E-state index is 9.60. The maximum absolute atomic E-state index is 9.60. The minimum absolute atomic E-state index is 0.352. The van der Waals surface area contributed by atoms with E-state index in [-0.39, 0.29) is 0 Å². The van der Waals surface area contributed by atoms with Crippen molar-refractivity contribution >= 4 is 0 Å². The van der Waals surface area contributed by atoms with Crippen molar-refractivity contribution < 1.29 is 20.4 Å². The SMILES string of the molecule is NC1CCC(O)C(O)C1(O)CO. The molecule has 0 aromatic heterocycles. The zero-order valence-corrected chi connectivity index (χ0v) is 6.72. The summed E-state index contributed by atoms with van der Waals surface area (Å²) in [6.07, 6.45) is -1.60. The Morgan fingerprint density at radius 1 is 1.33 bits per heavy atom. The summed E-state index contributed by atoms with van der Waals surface area (Å²) in [5.74, 6) is 0. The molecule has 0 heterocycles. The molecule has 4 unspecified atom stereocenters. The van der Waals surface area contributed by atoms with Gasteiger partial charge in [-0.2, -0.15) is 0 Å². The average molecular weight is 177 g/mol. The molecule has 0 aromatic rings. The van der Waals surface area contributed by atoms with Crippen LogP contribution in [-0.2, 0) is 0 Å². The van der Waals surface area contributed by atoms with Gasteiger partial charge in [-0.05, 0) is 12.8 Å². The molecule has 1 fully saturated rings. The number of aliphatic hydroxyl groups excluding tert-OH is 3. The minimum atomic E-state index is -1.75. The summed E-state index contributed by atoms with van der Waals surface area (Å²) in [5, 5.41) is 36.9. The third kappa shape index (κ3) is 1.34. The van der Waals surface area contributed by atoms with E-state index in [0.717, 1.165) is 0 Å². The standard InChI is InChI=1S/C7H15NO4/c8-5-2-1-4(10)6(11)7(5,12)3-9/h4-6,9-12H,1-3,8H2. The van der Waals surface area contributed by atoms with Crippen molar-refractivity contribution in [2.75, 3.05) is 6.61 Å². The predicted molar refractivity (Wildman–Crippen MR) is 41.3 cm³/mol. The predicted octanol–water partition coefficient (Wildman–Crippen LogP) is -2.45. The van der Waals surface area contributed by atoms with Crippen LogP contribution in [0, 0.1) is 0 Å². The molecular weight excluding hydrogens is 162 g/mol. The Hall–Kier alpha value is -0.200. The van der Waals surface area contributed by atoms with Crippen molar-refractivity contribution in [2.45, 2.75) is 36.7 Å². The van der Waals surface area contributed by atoms with E-state index in [1.807, 2.05) is 0 Å². The Bertz CT molecular complexity index is 165. The van der Waals surface area contributed by atoms with Gasteiger partial charge in [-0.25, -0.2) is 0 Å². The van der Waals surface area contributed by atoms with Gasteiger partial charge in [0.2, 0.25) is 0 Å². The molecule has 0 aliphatic heterocycles. The van der Waals surface area contributed by atoms with Crippen LogP contribution < -0.4 is 5.73 Å². The van der Waals surface area contributed by atoms with Crippen LogP contribution in [0.15, 0.2) is 0 Å². The molecule has 0 spiro atoms. The average Bonchev–Trinajstić information content (AvgIpc) is 2.08. The van der Waals surface area contributed by atoms with Crippen LogP contribution >= 0.6 is 0 Å². The number of hydrogen-bond donors (Lipinski definition) is 5. The molecule has 4 atom stereocenters. The summed E-state index contributed by atoms with van der Waals surface area (Å²) >= 11 is 0. The smallest absolute Gasteiger partial charge is 0.131 e. The first-order valence-corrected chi connectivity index (χ1v) is 3.97. The number of hydrogen-bond acceptors (Lipinski definition) is 5. The summed E-state index contributed by atoms with van der Waals surface area (Å²) in [6.45, 7) is -0.633. The Kier molecular flexibility index (Phi) is 2.70. The first-order chi connectivity index (χ1) is 5.52. The van der Waals surface area contributed by atoms with Crippen molar-refractivity contribution in [1.82, 2.24) is 0 Å². The van der Waals surface area contributed by atoms with Gasteiger partial charge in [0.15, 0.2) is 0 Å². The lowest BCUT2D eigenvalue weighted by Crippen LogP contribution is -2.65. The van der Waals surface area contributed by atoms with Gasteiger partial charge in [0.1, 0.15) is 11.7 Å². The summed E-state index contributed by atoms with van der Waals surface area (Å²) in [6, 6.07) is -0.680. The normalized spacial score (nSPS) is 49.2. The fourth-order valence-corrected chi connectivity index (χ4v) is 1.52. The molecule has 0 saturated heterocycles. The third-order valence-corrected chi connectivity index (χ3v) is 2.55. The van der Waals surface area contributed by atoms with Crippen molar-refractivity contribution in [1.29, 1.82) is 0 Å². The van der Waals surface area contributed by atoms with E-state index in [0.29, 0.717) is 12.8 Å². The van der Waals surface area contributed by atoms with Crippen LogP contribution in [0.1, 0.15) is 12.8 Å². The second-order valence-corrected chi connectivity index (χ2v) is 3.35. The highest BCUT2D eigenvalue weighted by Gasteiger charge is 2.47. The zero-order chi connectivity index (χ0) is 9.35. The Morgan fingerprint density at radius 2 is 1.92 bits per heavy atom. The van der Waals surface area contributed by atoms with Gasteiger partial charge in [0.05, 0.1) is 12.7 Å². The quantitative estimate of drug-likeness (QED) is 0.306. The van der Waals surface area contributed by atoms with E-state index in [9.17, 15) is 15.3 Å². The second-order valence-electron chi connectivity index (χ2n) is 3.35. The fourth-order valence-electron chi connectivity index (χ4n) is 1.52. The van der Waals surface area contributed by atoms with Gasteiger partial charge >= 0.3 is 0 Å². The molecule has 72 valence electrons. The molecule has 1 rings (SSSR count). The van der Waals surface area contributed by atoms with E-state index >= 15 is 0 Å². The van der Waals surface area contributed by atoms with E-state index in [1.54, 1.807) is 0 Å². The first-order valence-electron chi connectivity index (χ1n) is 3.97. The summed E-state index contributed by atoms with van der Waals surface area (Å²) < 4.78 is 0. The van der Waals surface area contributed by atoms with Gasteiger partial charge in [0, 0.05) is 6.04 Å². The minimum Gasteiger partial charge on any atom is -0.393 e. The Labute approximate surface area is 70.4 Å². The number of rotatable bonds is 1. The van der Waals surface area contributed by atoms with Gasteiger partial charge in [-0.3, -0.25) is 0 Å². The lowest BCUT2D eigenvalue weighted by Gasteiger charge is -2.42. The molecule has 6 N–H and O–H groups in total. The summed E-state index contributed by atoms with van der Waals surface area (Å²) in [4.78, 5) is 0. The summed E-state index contributed by atoms with van der Waals surface area (Å²) in [7, 11) is 0. The van der Waals surface area contributed by atoms with Crippen LogP contribution in [0.5, 0.6) is 0 Å².